The zero-order valence-electron chi connectivity index (χ0n) is 13.1. The first-order valence-electron chi connectivity index (χ1n) is 7.45. The monoisotopic (exact) mass is 328 g/mol. The summed E-state index contributed by atoms with van der Waals surface area (Å²) in [6.07, 6.45) is 0.377. The molecular formula is C16H25ClN2O3. The number of carbonyl (C=O) groups is 1. The van der Waals surface area contributed by atoms with Gasteiger partial charge in [-0.15, -0.1) is 12.4 Å². The molecule has 1 aromatic rings. The molecule has 0 bridgehead atoms. The molecule has 2 rings (SSSR count). The van der Waals surface area contributed by atoms with E-state index in [9.17, 15) is 4.79 Å². The van der Waals surface area contributed by atoms with Crippen LogP contribution in [0.1, 0.15) is 18.9 Å². The largest absolute Gasteiger partial charge is 0.489 e. The van der Waals surface area contributed by atoms with Crippen LogP contribution in [0.4, 0.5) is 0 Å². The standard InChI is InChI=1S/C16H24N2O3.ClH/c1-12-5-3-4-6-15(12)21-13(2)10-18-16(19)9-14-11-20-8-7-17-14;/h3-6,13-14,17H,7-11H2,1-2H3,(H,18,19);1H. The van der Waals surface area contributed by atoms with Crippen LogP contribution in [0.2, 0.25) is 0 Å². The normalized spacial score (nSPS) is 18.9. The molecule has 124 valence electrons. The number of benzene rings is 1. The molecule has 2 N–H and O–H groups in total. The second-order valence-electron chi connectivity index (χ2n) is 5.43. The Hall–Kier alpha value is -1.30. The summed E-state index contributed by atoms with van der Waals surface area (Å²) in [6.45, 7) is 6.59. The van der Waals surface area contributed by atoms with E-state index < -0.39 is 0 Å². The number of hydrogen-bond donors (Lipinski definition) is 2. The van der Waals surface area contributed by atoms with Gasteiger partial charge in [-0.3, -0.25) is 4.79 Å². The predicted octanol–water partition coefficient (Wildman–Crippen LogP) is 1.68. The third-order valence-corrected chi connectivity index (χ3v) is 3.44. The van der Waals surface area contributed by atoms with Gasteiger partial charge in [0.25, 0.3) is 0 Å². The summed E-state index contributed by atoms with van der Waals surface area (Å²) in [7, 11) is 0. The van der Waals surface area contributed by atoms with E-state index in [-0.39, 0.29) is 30.5 Å². The Bertz CT molecular complexity index is 464. The maximum Gasteiger partial charge on any atom is 0.221 e. The summed E-state index contributed by atoms with van der Waals surface area (Å²) in [6, 6.07) is 7.99. The molecule has 6 heteroatoms. The van der Waals surface area contributed by atoms with Crippen LogP contribution in [0, 0.1) is 6.92 Å². The van der Waals surface area contributed by atoms with Gasteiger partial charge in [0.1, 0.15) is 11.9 Å². The summed E-state index contributed by atoms with van der Waals surface area (Å²) in [5.74, 6) is 0.889. The highest BCUT2D eigenvalue weighted by Gasteiger charge is 2.17. The molecule has 0 saturated carbocycles. The maximum atomic E-state index is 11.9. The van der Waals surface area contributed by atoms with E-state index in [2.05, 4.69) is 10.6 Å². The van der Waals surface area contributed by atoms with Crippen LogP contribution in [0.25, 0.3) is 0 Å². The average Bonchev–Trinajstić information content (AvgIpc) is 2.49. The zero-order chi connectivity index (χ0) is 15.1. The van der Waals surface area contributed by atoms with Gasteiger partial charge >= 0.3 is 0 Å². The molecule has 0 spiro atoms. The van der Waals surface area contributed by atoms with Gasteiger partial charge in [0, 0.05) is 19.0 Å². The fourth-order valence-corrected chi connectivity index (χ4v) is 2.25. The van der Waals surface area contributed by atoms with Crippen molar-refractivity contribution in [3.63, 3.8) is 0 Å². The van der Waals surface area contributed by atoms with E-state index >= 15 is 0 Å². The molecule has 0 aromatic heterocycles. The molecule has 1 heterocycles. The number of amides is 1. The Morgan fingerprint density at radius 1 is 1.50 bits per heavy atom. The number of halogens is 1. The Labute approximate surface area is 138 Å². The summed E-state index contributed by atoms with van der Waals surface area (Å²) < 4.78 is 11.2. The van der Waals surface area contributed by atoms with Gasteiger partial charge < -0.3 is 20.1 Å². The topological polar surface area (TPSA) is 59.6 Å². The fraction of sp³-hybridized carbons (Fsp3) is 0.562. The van der Waals surface area contributed by atoms with Crippen LogP contribution in [-0.4, -0.2) is 44.4 Å². The first kappa shape index (κ1) is 18.7. The van der Waals surface area contributed by atoms with Crippen molar-refractivity contribution in [2.24, 2.45) is 0 Å². The molecule has 1 fully saturated rings. The number of ether oxygens (including phenoxy) is 2. The molecule has 22 heavy (non-hydrogen) atoms. The Morgan fingerprint density at radius 3 is 2.95 bits per heavy atom. The van der Waals surface area contributed by atoms with E-state index in [1.807, 2.05) is 38.1 Å². The number of aryl methyl sites for hydroxylation is 1. The van der Waals surface area contributed by atoms with Gasteiger partial charge in [-0.2, -0.15) is 0 Å². The quantitative estimate of drug-likeness (QED) is 0.834. The first-order chi connectivity index (χ1) is 10.1. The number of hydrogen-bond acceptors (Lipinski definition) is 4. The molecule has 1 aliphatic rings. The molecule has 1 saturated heterocycles. The third kappa shape index (κ3) is 6.22. The maximum absolute atomic E-state index is 11.9. The van der Waals surface area contributed by atoms with Gasteiger partial charge in [-0.05, 0) is 25.5 Å². The molecule has 0 radical (unpaired) electrons. The SMILES string of the molecule is Cc1ccccc1OC(C)CNC(=O)CC1COCCN1.Cl. The molecular weight excluding hydrogens is 304 g/mol. The smallest absolute Gasteiger partial charge is 0.221 e. The van der Waals surface area contributed by atoms with Crippen molar-refractivity contribution in [1.29, 1.82) is 0 Å². The lowest BCUT2D eigenvalue weighted by Gasteiger charge is -2.23. The first-order valence-corrected chi connectivity index (χ1v) is 7.45. The third-order valence-electron chi connectivity index (χ3n) is 3.44. The van der Waals surface area contributed by atoms with Gasteiger partial charge in [-0.25, -0.2) is 0 Å². The highest BCUT2D eigenvalue weighted by atomic mass is 35.5. The molecule has 1 aliphatic heterocycles. The average molecular weight is 329 g/mol. The van der Waals surface area contributed by atoms with E-state index in [0.717, 1.165) is 24.5 Å². The molecule has 5 nitrogen and oxygen atoms in total. The lowest BCUT2D eigenvalue weighted by Crippen LogP contribution is -2.45. The summed E-state index contributed by atoms with van der Waals surface area (Å²) in [5, 5.41) is 6.18. The van der Waals surface area contributed by atoms with Crippen molar-refractivity contribution < 1.29 is 14.3 Å². The van der Waals surface area contributed by atoms with Crippen molar-refractivity contribution in [3.05, 3.63) is 29.8 Å². The van der Waals surface area contributed by atoms with Crippen molar-refractivity contribution in [2.75, 3.05) is 26.3 Å². The van der Waals surface area contributed by atoms with Crippen molar-refractivity contribution >= 4 is 18.3 Å². The minimum absolute atomic E-state index is 0. The highest BCUT2D eigenvalue weighted by Crippen LogP contribution is 2.17. The molecule has 1 amide bonds. The van der Waals surface area contributed by atoms with Crippen LogP contribution in [0.5, 0.6) is 5.75 Å². The zero-order valence-corrected chi connectivity index (χ0v) is 13.9. The Kier molecular flexibility index (Phi) is 8.24. The second kappa shape index (κ2) is 9.66. The number of para-hydroxylation sites is 1. The van der Waals surface area contributed by atoms with Crippen molar-refractivity contribution in [1.82, 2.24) is 10.6 Å². The molecule has 2 atom stereocenters. The second-order valence-corrected chi connectivity index (χ2v) is 5.43. The predicted molar refractivity (Wildman–Crippen MR) is 88.8 cm³/mol. The fourth-order valence-electron chi connectivity index (χ4n) is 2.25. The van der Waals surface area contributed by atoms with Gasteiger partial charge in [0.2, 0.25) is 5.91 Å². The number of morpholine rings is 1. The molecule has 2 unspecified atom stereocenters. The van der Waals surface area contributed by atoms with Crippen LogP contribution >= 0.6 is 12.4 Å². The minimum Gasteiger partial charge on any atom is -0.489 e. The van der Waals surface area contributed by atoms with Crippen LogP contribution in [0.15, 0.2) is 24.3 Å². The Balaban J connectivity index is 0.00000242. The van der Waals surface area contributed by atoms with Crippen LogP contribution in [0.3, 0.4) is 0 Å². The molecule has 1 aromatic carbocycles. The van der Waals surface area contributed by atoms with E-state index in [4.69, 9.17) is 9.47 Å². The van der Waals surface area contributed by atoms with Gasteiger partial charge in [0.05, 0.1) is 19.8 Å². The summed E-state index contributed by atoms with van der Waals surface area (Å²) in [4.78, 5) is 11.9. The van der Waals surface area contributed by atoms with E-state index in [1.165, 1.54) is 0 Å². The Morgan fingerprint density at radius 2 is 2.27 bits per heavy atom. The lowest BCUT2D eigenvalue weighted by molar-refractivity contribution is -0.122. The summed E-state index contributed by atoms with van der Waals surface area (Å²) in [5.41, 5.74) is 1.10. The number of rotatable bonds is 6. The van der Waals surface area contributed by atoms with Gasteiger partial charge in [-0.1, -0.05) is 18.2 Å². The summed E-state index contributed by atoms with van der Waals surface area (Å²) >= 11 is 0. The molecule has 0 aliphatic carbocycles. The van der Waals surface area contributed by atoms with E-state index in [1.54, 1.807) is 0 Å². The van der Waals surface area contributed by atoms with E-state index in [0.29, 0.717) is 19.6 Å². The van der Waals surface area contributed by atoms with Crippen LogP contribution < -0.4 is 15.4 Å². The van der Waals surface area contributed by atoms with Crippen molar-refractivity contribution in [2.45, 2.75) is 32.4 Å². The van der Waals surface area contributed by atoms with Crippen LogP contribution in [-0.2, 0) is 9.53 Å². The minimum atomic E-state index is -0.0642. The van der Waals surface area contributed by atoms with Crippen molar-refractivity contribution in [3.8, 4) is 5.75 Å². The highest BCUT2D eigenvalue weighted by molar-refractivity contribution is 5.85. The lowest BCUT2D eigenvalue weighted by atomic mass is 10.2. The van der Waals surface area contributed by atoms with Gasteiger partial charge in [0.15, 0.2) is 0 Å². The number of nitrogens with one attached hydrogen (secondary N) is 2. The number of carbonyl (C=O) groups excluding carboxylic acids is 1.